The summed E-state index contributed by atoms with van der Waals surface area (Å²) in [5, 5.41) is 2.73. The third-order valence-corrected chi connectivity index (χ3v) is 3.66. The van der Waals surface area contributed by atoms with E-state index in [0.717, 1.165) is 12.8 Å². The average Bonchev–Trinajstić information content (AvgIpc) is 2.24. The summed E-state index contributed by atoms with van der Waals surface area (Å²) in [4.78, 5) is 24.4. The van der Waals surface area contributed by atoms with Crippen LogP contribution >= 0.6 is 11.6 Å². The van der Waals surface area contributed by atoms with Crippen molar-refractivity contribution in [2.24, 2.45) is 5.41 Å². The summed E-state index contributed by atoms with van der Waals surface area (Å²) in [5.41, 5.74) is -1.73. The predicted octanol–water partition coefficient (Wildman–Crippen LogP) is 3.59. The molecule has 1 rings (SSSR count). The number of carbonyl (C=O) groups is 2. The molecular weight excluding hydrogens is 294 g/mol. The van der Waals surface area contributed by atoms with Crippen LogP contribution in [0, 0.1) is 5.41 Å². The van der Waals surface area contributed by atoms with Gasteiger partial charge in [-0.05, 0) is 51.9 Å². The largest absolute Gasteiger partial charge is 0.448 e. The van der Waals surface area contributed by atoms with Crippen LogP contribution in [-0.2, 0) is 14.3 Å². The number of alkyl carbamates (subject to hydrolysis) is 1. The summed E-state index contributed by atoms with van der Waals surface area (Å²) in [6.07, 6.45) is 2.27. The molecule has 1 unspecified atom stereocenters. The number of nitrogens with one attached hydrogen (secondary N) is 1. The fourth-order valence-electron chi connectivity index (χ4n) is 2.88. The molecule has 0 radical (unpaired) electrons. The zero-order valence-electron chi connectivity index (χ0n) is 13.5. The number of hydrogen-bond donors (Lipinski definition) is 1. The minimum atomic E-state index is -1.06. The number of amides is 1. The number of rotatable bonds is 3. The smallest absolute Gasteiger partial charge is 0.408 e. The highest BCUT2D eigenvalue weighted by molar-refractivity contribution is 6.17. The van der Waals surface area contributed by atoms with E-state index in [1.54, 1.807) is 20.8 Å². The second kappa shape index (κ2) is 6.42. The zero-order valence-corrected chi connectivity index (χ0v) is 14.3. The Morgan fingerprint density at radius 2 is 1.86 bits per heavy atom. The maximum Gasteiger partial charge on any atom is 0.408 e. The number of halogens is 1. The molecule has 0 heterocycles. The summed E-state index contributed by atoms with van der Waals surface area (Å²) >= 11 is 5.50. The molecule has 1 amide bonds. The van der Waals surface area contributed by atoms with E-state index in [9.17, 15) is 9.59 Å². The van der Waals surface area contributed by atoms with Gasteiger partial charge in [0.2, 0.25) is 0 Å². The van der Waals surface area contributed by atoms with Gasteiger partial charge in [0.1, 0.15) is 11.1 Å². The lowest BCUT2D eigenvalue weighted by atomic mass is 9.68. The molecule has 1 fully saturated rings. The molecule has 0 saturated heterocycles. The van der Waals surface area contributed by atoms with Gasteiger partial charge in [0.15, 0.2) is 6.07 Å². The van der Waals surface area contributed by atoms with Crippen LogP contribution in [0.1, 0.15) is 60.3 Å². The third-order valence-electron chi connectivity index (χ3n) is 3.55. The Kier molecular flexibility index (Phi) is 5.53. The van der Waals surface area contributed by atoms with Crippen LogP contribution in [0.4, 0.5) is 4.79 Å². The van der Waals surface area contributed by atoms with Gasteiger partial charge < -0.3 is 14.8 Å². The van der Waals surface area contributed by atoms with Crippen LogP contribution in [0.15, 0.2) is 0 Å². The fourth-order valence-corrected chi connectivity index (χ4v) is 2.98. The Morgan fingerprint density at radius 1 is 1.24 bits per heavy atom. The highest BCUT2D eigenvalue weighted by Crippen LogP contribution is 2.41. The maximum absolute atomic E-state index is 12.3. The van der Waals surface area contributed by atoms with Gasteiger partial charge in [0.05, 0.1) is 0 Å². The van der Waals surface area contributed by atoms with Crippen molar-refractivity contribution in [2.45, 2.75) is 71.4 Å². The van der Waals surface area contributed by atoms with E-state index >= 15 is 0 Å². The van der Waals surface area contributed by atoms with E-state index in [4.69, 9.17) is 21.1 Å². The Balaban J connectivity index is 2.92. The highest BCUT2D eigenvalue weighted by Gasteiger charge is 2.48. The Labute approximate surface area is 131 Å². The molecule has 0 spiro atoms. The topological polar surface area (TPSA) is 64.6 Å². The van der Waals surface area contributed by atoms with Gasteiger partial charge in [0, 0.05) is 0 Å². The van der Waals surface area contributed by atoms with E-state index in [2.05, 4.69) is 19.2 Å². The van der Waals surface area contributed by atoms with Gasteiger partial charge in [0.25, 0.3) is 0 Å². The van der Waals surface area contributed by atoms with E-state index < -0.39 is 23.2 Å². The van der Waals surface area contributed by atoms with Gasteiger partial charge in [-0.1, -0.05) is 25.4 Å². The molecule has 122 valence electrons. The lowest BCUT2D eigenvalue weighted by molar-refractivity contribution is -0.153. The van der Waals surface area contributed by atoms with Crippen LogP contribution in [0.5, 0.6) is 0 Å². The summed E-state index contributed by atoms with van der Waals surface area (Å²) in [6.45, 7) is 9.49. The zero-order chi connectivity index (χ0) is 16.3. The minimum absolute atomic E-state index is 0.0569. The SMILES string of the molecule is CC1(C)CCCC(NC(=O)OC(C)(C)C)(C(=O)OCCl)C1. The van der Waals surface area contributed by atoms with Gasteiger partial charge in [-0.3, -0.25) is 0 Å². The molecule has 0 aliphatic heterocycles. The first-order valence-corrected chi connectivity index (χ1v) is 7.78. The molecule has 0 aromatic heterocycles. The monoisotopic (exact) mass is 319 g/mol. The van der Waals surface area contributed by atoms with Crippen molar-refractivity contribution in [3.05, 3.63) is 0 Å². The first-order chi connectivity index (χ1) is 9.50. The van der Waals surface area contributed by atoms with Crippen LogP contribution in [0.2, 0.25) is 0 Å². The molecular formula is C15H26ClNO4. The Hall–Kier alpha value is -0.970. The predicted molar refractivity (Wildman–Crippen MR) is 81.2 cm³/mol. The average molecular weight is 320 g/mol. The number of esters is 1. The molecule has 6 heteroatoms. The lowest BCUT2D eigenvalue weighted by Crippen LogP contribution is -2.59. The number of carbonyl (C=O) groups excluding carboxylic acids is 2. The van der Waals surface area contributed by atoms with E-state index in [0.29, 0.717) is 12.8 Å². The Morgan fingerprint density at radius 3 is 2.33 bits per heavy atom. The third kappa shape index (κ3) is 5.38. The molecule has 1 N–H and O–H groups in total. The normalized spacial score (nSPS) is 25.0. The summed E-state index contributed by atoms with van der Waals surface area (Å²) in [6, 6.07) is -0.225. The Bertz CT molecular complexity index is 403. The van der Waals surface area contributed by atoms with Crippen molar-refractivity contribution in [2.75, 3.05) is 6.07 Å². The summed E-state index contributed by atoms with van der Waals surface area (Å²) < 4.78 is 10.2. The quantitative estimate of drug-likeness (QED) is 0.637. The number of hydrogen-bond acceptors (Lipinski definition) is 4. The van der Waals surface area contributed by atoms with E-state index in [1.807, 2.05) is 0 Å². The van der Waals surface area contributed by atoms with Crippen molar-refractivity contribution in [3.63, 3.8) is 0 Å². The van der Waals surface area contributed by atoms with Crippen molar-refractivity contribution in [1.82, 2.24) is 5.32 Å². The van der Waals surface area contributed by atoms with Gasteiger partial charge in [-0.25, -0.2) is 9.59 Å². The minimum Gasteiger partial charge on any atom is -0.448 e. The summed E-state index contributed by atoms with van der Waals surface area (Å²) in [5.74, 6) is -0.490. The van der Waals surface area contributed by atoms with Crippen LogP contribution in [0.3, 0.4) is 0 Å². The standard InChI is InChI=1S/C15H26ClNO4/c1-13(2,3)21-12(19)17-15(11(18)20-10-16)8-6-7-14(4,5)9-15/h6-10H2,1-5H3,(H,17,19). The van der Waals surface area contributed by atoms with Crippen molar-refractivity contribution >= 4 is 23.7 Å². The highest BCUT2D eigenvalue weighted by atomic mass is 35.5. The molecule has 0 bridgehead atoms. The van der Waals surface area contributed by atoms with Gasteiger partial charge >= 0.3 is 12.1 Å². The van der Waals surface area contributed by atoms with Crippen LogP contribution in [-0.4, -0.2) is 29.3 Å². The van der Waals surface area contributed by atoms with Crippen molar-refractivity contribution in [3.8, 4) is 0 Å². The van der Waals surface area contributed by atoms with Crippen molar-refractivity contribution in [1.29, 1.82) is 0 Å². The fraction of sp³-hybridized carbons (Fsp3) is 0.867. The molecule has 21 heavy (non-hydrogen) atoms. The van der Waals surface area contributed by atoms with E-state index in [1.165, 1.54) is 0 Å². The van der Waals surface area contributed by atoms with Crippen LogP contribution < -0.4 is 5.32 Å². The summed E-state index contributed by atoms with van der Waals surface area (Å²) in [7, 11) is 0. The first kappa shape index (κ1) is 18.1. The molecule has 5 nitrogen and oxygen atoms in total. The second-order valence-corrected chi connectivity index (χ2v) is 7.66. The van der Waals surface area contributed by atoms with Gasteiger partial charge in [-0.15, -0.1) is 0 Å². The second-order valence-electron chi connectivity index (χ2n) is 7.44. The molecule has 1 aliphatic carbocycles. The molecule has 0 aromatic rings. The van der Waals surface area contributed by atoms with Gasteiger partial charge in [-0.2, -0.15) is 0 Å². The maximum atomic E-state index is 12.3. The first-order valence-electron chi connectivity index (χ1n) is 7.24. The van der Waals surface area contributed by atoms with Crippen LogP contribution in [0.25, 0.3) is 0 Å². The number of alkyl halides is 1. The number of ether oxygens (including phenoxy) is 2. The van der Waals surface area contributed by atoms with E-state index in [-0.39, 0.29) is 11.5 Å². The molecule has 0 aromatic carbocycles. The molecule has 1 atom stereocenters. The molecule has 1 saturated carbocycles. The van der Waals surface area contributed by atoms with Crippen molar-refractivity contribution < 1.29 is 19.1 Å². The lowest BCUT2D eigenvalue weighted by Gasteiger charge is -2.43. The molecule has 1 aliphatic rings.